The van der Waals surface area contributed by atoms with E-state index in [4.69, 9.17) is 5.73 Å². The van der Waals surface area contributed by atoms with E-state index in [0.717, 1.165) is 0 Å². The van der Waals surface area contributed by atoms with Gasteiger partial charge in [0.2, 0.25) is 5.91 Å². The molecule has 0 saturated heterocycles. The number of methoxy groups -OCH3 is 1. The molecule has 1 aromatic carbocycles. The molecule has 0 heterocycles. The van der Waals surface area contributed by atoms with Crippen LogP contribution in [0.1, 0.15) is 31.1 Å². The van der Waals surface area contributed by atoms with Crippen molar-refractivity contribution in [1.29, 1.82) is 0 Å². The average Bonchev–Trinajstić information content (AvgIpc) is 2.26. The van der Waals surface area contributed by atoms with Crippen LogP contribution < -0.4 is 5.73 Å². The van der Waals surface area contributed by atoms with Crippen molar-refractivity contribution in [2.24, 2.45) is 5.73 Å². The number of aldehydes is 1. The van der Waals surface area contributed by atoms with E-state index in [9.17, 15) is 14.4 Å². The first kappa shape index (κ1) is 10.9. The summed E-state index contributed by atoms with van der Waals surface area (Å²) < 4.78 is 4.46. The number of esters is 1. The number of primary amides is 1. The number of hydrogen-bond donors (Lipinski definition) is 1. The van der Waals surface area contributed by atoms with E-state index in [1.54, 1.807) is 0 Å². The van der Waals surface area contributed by atoms with Gasteiger partial charge in [0, 0.05) is 5.56 Å². The summed E-state index contributed by atoms with van der Waals surface area (Å²) in [7, 11) is 1.18. The van der Waals surface area contributed by atoms with E-state index in [-0.39, 0.29) is 16.7 Å². The van der Waals surface area contributed by atoms with Gasteiger partial charge in [-0.25, -0.2) is 4.79 Å². The third-order valence-corrected chi connectivity index (χ3v) is 1.85. The number of carbonyl (C=O) groups excluding carboxylic acids is 3. The number of hydrogen-bond acceptors (Lipinski definition) is 4. The zero-order chi connectivity index (χ0) is 11.4. The van der Waals surface area contributed by atoms with Gasteiger partial charge < -0.3 is 10.5 Å². The molecule has 1 amide bonds. The Hall–Kier alpha value is -2.17. The molecule has 1 aromatic rings. The number of ether oxygens (including phenoxy) is 1. The molecule has 0 aromatic heterocycles. The van der Waals surface area contributed by atoms with Gasteiger partial charge in [-0.1, -0.05) is 6.07 Å². The molecule has 0 atom stereocenters. The van der Waals surface area contributed by atoms with Gasteiger partial charge in [-0.05, 0) is 12.1 Å². The molecule has 0 spiro atoms. The van der Waals surface area contributed by atoms with Crippen molar-refractivity contribution in [3.05, 3.63) is 34.9 Å². The molecule has 0 saturated carbocycles. The summed E-state index contributed by atoms with van der Waals surface area (Å²) in [5.41, 5.74) is 5.37. The molecule has 0 bridgehead atoms. The maximum absolute atomic E-state index is 11.3. The molecule has 5 nitrogen and oxygen atoms in total. The van der Waals surface area contributed by atoms with Crippen molar-refractivity contribution in [3.8, 4) is 0 Å². The van der Waals surface area contributed by atoms with Crippen molar-refractivity contribution in [1.82, 2.24) is 0 Å². The Bertz CT molecular complexity index is 425. The standard InChI is InChI=1S/C10H9NO4/c1-15-10(14)8-4-6(5-12)2-3-7(8)9(11)13/h2-5H,1H3,(H2,11,13). The summed E-state index contributed by atoms with van der Waals surface area (Å²) in [6.07, 6.45) is 0.567. The van der Waals surface area contributed by atoms with Crippen LogP contribution in [-0.4, -0.2) is 25.3 Å². The van der Waals surface area contributed by atoms with Crippen molar-refractivity contribution in [2.45, 2.75) is 0 Å². The summed E-state index contributed by atoms with van der Waals surface area (Å²) in [5, 5.41) is 0. The smallest absolute Gasteiger partial charge is 0.338 e. The summed E-state index contributed by atoms with van der Waals surface area (Å²) in [6.45, 7) is 0. The Morgan fingerprint density at radius 3 is 2.47 bits per heavy atom. The summed E-state index contributed by atoms with van der Waals surface area (Å²) in [6, 6.07) is 3.98. The van der Waals surface area contributed by atoms with Gasteiger partial charge in [-0.15, -0.1) is 0 Å². The van der Waals surface area contributed by atoms with Crippen LogP contribution in [0.25, 0.3) is 0 Å². The third-order valence-electron chi connectivity index (χ3n) is 1.85. The molecule has 1 rings (SSSR count). The van der Waals surface area contributed by atoms with Crippen LogP contribution in [0, 0.1) is 0 Å². The minimum absolute atomic E-state index is 0.00500. The van der Waals surface area contributed by atoms with Crippen LogP contribution >= 0.6 is 0 Å². The second kappa shape index (κ2) is 4.36. The monoisotopic (exact) mass is 207 g/mol. The molecule has 2 N–H and O–H groups in total. The van der Waals surface area contributed by atoms with Gasteiger partial charge in [-0.2, -0.15) is 0 Å². The van der Waals surface area contributed by atoms with Crippen LogP contribution in [0.2, 0.25) is 0 Å². The van der Waals surface area contributed by atoms with Crippen molar-refractivity contribution >= 4 is 18.2 Å². The second-order valence-corrected chi connectivity index (χ2v) is 2.78. The third kappa shape index (κ3) is 2.19. The fourth-order valence-corrected chi connectivity index (χ4v) is 1.13. The van der Waals surface area contributed by atoms with Crippen LogP contribution in [0.15, 0.2) is 18.2 Å². The highest BCUT2D eigenvalue weighted by Gasteiger charge is 2.15. The predicted octanol–water partition coefficient (Wildman–Crippen LogP) is 0.385. The van der Waals surface area contributed by atoms with Gasteiger partial charge in [0.25, 0.3) is 0 Å². The molecule has 15 heavy (non-hydrogen) atoms. The molecule has 0 fully saturated rings. The SMILES string of the molecule is COC(=O)c1cc(C=O)ccc1C(N)=O. The highest BCUT2D eigenvalue weighted by molar-refractivity contribution is 6.05. The predicted molar refractivity (Wildman–Crippen MR) is 51.7 cm³/mol. The minimum atomic E-state index is -0.743. The van der Waals surface area contributed by atoms with E-state index < -0.39 is 11.9 Å². The zero-order valence-corrected chi connectivity index (χ0v) is 8.02. The molecular weight excluding hydrogens is 198 g/mol. The molecule has 5 heteroatoms. The Labute approximate surface area is 85.8 Å². The number of amides is 1. The fraction of sp³-hybridized carbons (Fsp3) is 0.100. The lowest BCUT2D eigenvalue weighted by atomic mass is 10.0. The lowest BCUT2D eigenvalue weighted by Gasteiger charge is -2.04. The van der Waals surface area contributed by atoms with Gasteiger partial charge in [0.05, 0.1) is 18.2 Å². The first-order valence-corrected chi connectivity index (χ1v) is 4.07. The largest absolute Gasteiger partial charge is 0.465 e. The molecule has 0 aliphatic rings. The minimum Gasteiger partial charge on any atom is -0.465 e. The van der Waals surface area contributed by atoms with Crippen molar-refractivity contribution < 1.29 is 19.1 Å². The summed E-state index contributed by atoms with van der Waals surface area (Å²) in [4.78, 5) is 32.7. The number of rotatable bonds is 3. The van der Waals surface area contributed by atoms with Gasteiger partial charge in [-0.3, -0.25) is 9.59 Å². The topological polar surface area (TPSA) is 86.5 Å². The van der Waals surface area contributed by atoms with Gasteiger partial charge >= 0.3 is 5.97 Å². The summed E-state index contributed by atoms with van der Waals surface area (Å²) >= 11 is 0. The maximum atomic E-state index is 11.3. The van der Waals surface area contributed by atoms with E-state index in [0.29, 0.717) is 6.29 Å². The number of benzene rings is 1. The van der Waals surface area contributed by atoms with Crippen LogP contribution in [-0.2, 0) is 4.74 Å². The van der Waals surface area contributed by atoms with E-state index in [2.05, 4.69) is 4.74 Å². The molecule has 0 radical (unpaired) electrons. The van der Waals surface area contributed by atoms with Crippen LogP contribution in [0.4, 0.5) is 0 Å². The van der Waals surface area contributed by atoms with Crippen LogP contribution in [0.5, 0.6) is 0 Å². The lowest BCUT2D eigenvalue weighted by Crippen LogP contribution is -2.17. The molecular formula is C10H9NO4. The number of carbonyl (C=O) groups is 3. The highest BCUT2D eigenvalue weighted by Crippen LogP contribution is 2.12. The lowest BCUT2D eigenvalue weighted by molar-refractivity contribution is 0.0597. The highest BCUT2D eigenvalue weighted by atomic mass is 16.5. The molecule has 0 aliphatic heterocycles. The van der Waals surface area contributed by atoms with E-state index >= 15 is 0 Å². The van der Waals surface area contributed by atoms with Gasteiger partial charge in [0.1, 0.15) is 6.29 Å². The normalized spacial score (nSPS) is 9.40. The Kier molecular flexibility index (Phi) is 3.17. The first-order valence-electron chi connectivity index (χ1n) is 4.07. The maximum Gasteiger partial charge on any atom is 0.338 e. The Balaban J connectivity index is 3.34. The molecule has 0 aliphatic carbocycles. The Morgan fingerprint density at radius 1 is 1.33 bits per heavy atom. The van der Waals surface area contributed by atoms with Gasteiger partial charge in [0.15, 0.2) is 0 Å². The first-order chi connectivity index (χ1) is 7.10. The summed E-state index contributed by atoms with van der Waals surface area (Å²) in [5.74, 6) is -1.44. The van der Waals surface area contributed by atoms with Crippen molar-refractivity contribution in [2.75, 3.05) is 7.11 Å². The Morgan fingerprint density at radius 2 is 2.00 bits per heavy atom. The van der Waals surface area contributed by atoms with E-state index in [1.165, 1.54) is 25.3 Å². The number of nitrogens with two attached hydrogens (primary N) is 1. The average molecular weight is 207 g/mol. The van der Waals surface area contributed by atoms with E-state index in [1.807, 2.05) is 0 Å². The fourth-order valence-electron chi connectivity index (χ4n) is 1.13. The van der Waals surface area contributed by atoms with Crippen LogP contribution in [0.3, 0.4) is 0 Å². The second-order valence-electron chi connectivity index (χ2n) is 2.78. The zero-order valence-electron chi connectivity index (χ0n) is 8.02. The van der Waals surface area contributed by atoms with Crippen molar-refractivity contribution in [3.63, 3.8) is 0 Å². The quantitative estimate of drug-likeness (QED) is 0.573. The molecule has 78 valence electrons. The molecule has 0 unspecified atom stereocenters.